The summed E-state index contributed by atoms with van der Waals surface area (Å²) in [4.78, 5) is 0. The fourth-order valence-corrected chi connectivity index (χ4v) is 2.00. The molecular weight excluding hydrogens is 162 g/mol. The monoisotopic (exact) mass is 179 g/mol. The molecule has 1 heterocycles. The van der Waals surface area contributed by atoms with Gasteiger partial charge in [-0.05, 0) is 44.9 Å². The van der Waals surface area contributed by atoms with Crippen molar-refractivity contribution in [2.24, 2.45) is 5.92 Å². The zero-order valence-corrected chi connectivity index (χ0v) is 8.34. The van der Waals surface area contributed by atoms with Crippen molar-refractivity contribution in [3.05, 3.63) is 23.7 Å². The lowest BCUT2D eigenvalue weighted by Gasteiger charge is -2.32. The number of furan rings is 1. The molecule has 72 valence electrons. The van der Waals surface area contributed by atoms with Crippen molar-refractivity contribution in [3.8, 4) is 0 Å². The molecule has 1 aromatic heterocycles. The molecular formula is C11H17NO. The molecule has 0 saturated heterocycles. The van der Waals surface area contributed by atoms with E-state index < -0.39 is 0 Å². The molecule has 0 bridgehead atoms. The van der Waals surface area contributed by atoms with E-state index in [0.29, 0.717) is 6.04 Å². The number of aryl methyl sites for hydroxylation is 1. The molecule has 1 atom stereocenters. The average Bonchev–Trinajstić information content (AvgIpc) is 2.43. The first kappa shape index (κ1) is 8.82. The zero-order valence-electron chi connectivity index (χ0n) is 8.34. The molecule has 0 radical (unpaired) electrons. The summed E-state index contributed by atoms with van der Waals surface area (Å²) in [6, 6.07) is 4.56. The highest BCUT2D eigenvalue weighted by Crippen LogP contribution is 2.37. The highest BCUT2D eigenvalue weighted by atomic mass is 16.3. The highest BCUT2D eigenvalue weighted by Gasteiger charge is 2.29. The van der Waals surface area contributed by atoms with Gasteiger partial charge in [0.05, 0.1) is 6.04 Å². The Balaban J connectivity index is 2.11. The third-order valence-electron chi connectivity index (χ3n) is 3.00. The standard InChI is InChI=1S/C11H17NO/c1-8-6-7-10(13-8)11(12-2)9-4-3-5-9/h6-7,9,11-12H,3-5H2,1-2H3. The van der Waals surface area contributed by atoms with Crippen molar-refractivity contribution in [3.63, 3.8) is 0 Å². The van der Waals surface area contributed by atoms with Crippen molar-refractivity contribution >= 4 is 0 Å². The largest absolute Gasteiger partial charge is 0.465 e. The van der Waals surface area contributed by atoms with Gasteiger partial charge in [-0.3, -0.25) is 0 Å². The lowest BCUT2D eigenvalue weighted by atomic mass is 9.79. The molecule has 1 fully saturated rings. The van der Waals surface area contributed by atoms with Gasteiger partial charge in [0.25, 0.3) is 0 Å². The maximum absolute atomic E-state index is 5.63. The van der Waals surface area contributed by atoms with Crippen molar-refractivity contribution in [1.82, 2.24) is 5.32 Å². The first-order valence-corrected chi connectivity index (χ1v) is 5.05. The summed E-state index contributed by atoms with van der Waals surface area (Å²) in [7, 11) is 2.01. The second-order valence-electron chi connectivity index (χ2n) is 3.91. The third-order valence-corrected chi connectivity index (χ3v) is 3.00. The van der Waals surface area contributed by atoms with E-state index in [1.54, 1.807) is 0 Å². The van der Waals surface area contributed by atoms with Crippen LogP contribution >= 0.6 is 0 Å². The van der Waals surface area contributed by atoms with E-state index in [1.807, 2.05) is 20.0 Å². The smallest absolute Gasteiger partial charge is 0.121 e. The second-order valence-corrected chi connectivity index (χ2v) is 3.91. The fraction of sp³-hybridized carbons (Fsp3) is 0.636. The zero-order chi connectivity index (χ0) is 9.26. The number of hydrogen-bond acceptors (Lipinski definition) is 2. The molecule has 1 unspecified atom stereocenters. The van der Waals surface area contributed by atoms with E-state index >= 15 is 0 Å². The second kappa shape index (κ2) is 3.54. The van der Waals surface area contributed by atoms with Gasteiger partial charge in [-0.15, -0.1) is 0 Å². The van der Waals surface area contributed by atoms with Gasteiger partial charge in [0.15, 0.2) is 0 Å². The van der Waals surface area contributed by atoms with Crippen LogP contribution in [0.25, 0.3) is 0 Å². The molecule has 1 aliphatic carbocycles. The van der Waals surface area contributed by atoms with Crippen LogP contribution in [0.3, 0.4) is 0 Å². The number of nitrogens with one attached hydrogen (secondary N) is 1. The van der Waals surface area contributed by atoms with Crippen molar-refractivity contribution < 1.29 is 4.42 Å². The van der Waals surface area contributed by atoms with Crippen molar-refractivity contribution in [2.75, 3.05) is 7.05 Å². The van der Waals surface area contributed by atoms with Gasteiger partial charge < -0.3 is 9.73 Å². The molecule has 0 aliphatic heterocycles. The molecule has 2 nitrogen and oxygen atoms in total. The van der Waals surface area contributed by atoms with Gasteiger partial charge >= 0.3 is 0 Å². The van der Waals surface area contributed by atoms with Crippen LogP contribution in [0.1, 0.15) is 36.8 Å². The molecule has 0 amide bonds. The van der Waals surface area contributed by atoms with Crippen LogP contribution in [0.4, 0.5) is 0 Å². The topological polar surface area (TPSA) is 25.2 Å². The lowest BCUT2D eigenvalue weighted by molar-refractivity contribution is 0.214. The quantitative estimate of drug-likeness (QED) is 0.771. The van der Waals surface area contributed by atoms with E-state index in [4.69, 9.17) is 4.42 Å². The van der Waals surface area contributed by atoms with Crippen LogP contribution < -0.4 is 5.32 Å². The van der Waals surface area contributed by atoms with Crippen molar-refractivity contribution in [2.45, 2.75) is 32.2 Å². The molecule has 0 aromatic carbocycles. The van der Waals surface area contributed by atoms with E-state index in [2.05, 4.69) is 11.4 Å². The minimum atomic E-state index is 0.433. The van der Waals surface area contributed by atoms with E-state index in [0.717, 1.165) is 17.4 Å². The Morgan fingerprint density at radius 2 is 2.23 bits per heavy atom. The Labute approximate surface area is 79.3 Å². The van der Waals surface area contributed by atoms with E-state index in [-0.39, 0.29) is 0 Å². The minimum absolute atomic E-state index is 0.433. The molecule has 13 heavy (non-hydrogen) atoms. The number of hydrogen-bond donors (Lipinski definition) is 1. The van der Waals surface area contributed by atoms with E-state index in [1.165, 1.54) is 19.3 Å². The van der Waals surface area contributed by atoms with Crippen LogP contribution in [0.5, 0.6) is 0 Å². The number of rotatable bonds is 3. The Hall–Kier alpha value is -0.760. The normalized spacial score (nSPS) is 19.8. The average molecular weight is 179 g/mol. The Morgan fingerprint density at radius 3 is 2.62 bits per heavy atom. The van der Waals surface area contributed by atoms with Gasteiger partial charge in [-0.2, -0.15) is 0 Å². The summed E-state index contributed by atoms with van der Waals surface area (Å²) >= 11 is 0. The maximum Gasteiger partial charge on any atom is 0.121 e. The predicted molar refractivity (Wildman–Crippen MR) is 52.6 cm³/mol. The molecule has 1 N–H and O–H groups in total. The van der Waals surface area contributed by atoms with Crippen LogP contribution in [0, 0.1) is 12.8 Å². The molecule has 2 rings (SSSR count). The predicted octanol–water partition coefficient (Wildman–Crippen LogP) is 2.65. The summed E-state index contributed by atoms with van der Waals surface area (Å²) in [5.41, 5.74) is 0. The summed E-state index contributed by atoms with van der Waals surface area (Å²) in [5, 5.41) is 3.34. The van der Waals surface area contributed by atoms with Crippen LogP contribution in [-0.2, 0) is 0 Å². The molecule has 1 saturated carbocycles. The van der Waals surface area contributed by atoms with Gasteiger partial charge in [0, 0.05) is 0 Å². The summed E-state index contributed by atoms with van der Waals surface area (Å²) in [6.07, 6.45) is 4.05. The minimum Gasteiger partial charge on any atom is -0.465 e. The third kappa shape index (κ3) is 1.63. The molecule has 0 spiro atoms. The van der Waals surface area contributed by atoms with Crippen LogP contribution in [0.2, 0.25) is 0 Å². The summed E-state index contributed by atoms with van der Waals surface area (Å²) < 4.78 is 5.63. The fourth-order valence-electron chi connectivity index (χ4n) is 2.00. The Kier molecular flexibility index (Phi) is 2.40. The Morgan fingerprint density at radius 1 is 1.46 bits per heavy atom. The molecule has 2 heteroatoms. The van der Waals surface area contributed by atoms with E-state index in [9.17, 15) is 0 Å². The Bertz CT molecular complexity index is 275. The molecule has 1 aromatic rings. The highest BCUT2D eigenvalue weighted by molar-refractivity contribution is 5.11. The SMILES string of the molecule is CNC(c1ccc(C)o1)C1CCC1. The molecule has 1 aliphatic rings. The van der Waals surface area contributed by atoms with Crippen LogP contribution in [0.15, 0.2) is 16.5 Å². The lowest BCUT2D eigenvalue weighted by Crippen LogP contribution is -2.29. The summed E-state index contributed by atoms with van der Waals surface area (Å²) in [5.74, 6) is 2.90. The van der Waals surface area contributed by atoms with Gasteiger partial charge in [0.2, 0.25) is 0 Å². The van der Waals surface area contributed by atoms with Gasteiger partial charge in [0.1, 0.15) is 11.5 Å². The maximum atomic E-state index is 5.63. The van der Waals surface area contributed by atoms with Crippen LogP contribution in [-0.4, -0.2) is 7.05 Å². The first-order chi connectivity index (χ1) is 6.31. The van der Waals surface area contributed by atoms with Gasteiger partial charge in [-0.25, -0.2) is 0 Å². The first-order valence-electron chi connectivity index (χ1n) is 5.05. The summed E-state index contributed by atoms with van der Waals surface area (Å²) in [6.45, 7) is 2.00. The van der Waals surface area contributed by atoms with Crippen molar-refractivity contribution in [1.29, 1.82) is 0 Å². The van der Waals surface area contributed by atoms with Gasteiger partial charge in [-0.1, -0.05) is 6.42 Å².